The van der Waals surface area contributed by atoms with Gasteiger partial charge in [0.25, 0.3) is 11.6 Å². The molecule has 1 N–H and O–H groups in total. The molecule has 0 aromatic heterocycles. The summed E-state index contributed by atoms with van der Waals surface area (Å²) in [5, 5.41) is 13.1. The minimum atomic E-state index is -0.693. The van der Waals surface area contributed by atoms with Crippen molar-refractivity contribution in [3.05, 3.63) is 67.4 Å². The number of rotatable bonds is 3. The average Bonchev–Trinajstić information content (AvgIpc) is 2.41. The topological polar surface area (TPSA) is 72.2 Å². The summed E-state index contributed by atoms with van der Waals surface area (Å²) in [6.07, 6.45) is 0. The number of nitro benzene ring substituents is 1. The Morgan fingerprint density at radius 2 is 2.00 bits per heavy atom. The van der Waals surface area contributed by atoms with E-state index in [1.54, 1.807) is 6.07 Å². The van der Waals surface area contributed by atoms with Gasteiger partial charge in [0.2, 0.25) is 0 Å². The number of halogens is 3. The van der Waals surface area contributed by atoms with Crippen molar-refractivity contribution in [2.24, 2.45) is 0 Å². The van der Waals surface area contributed by atoms with E-state index in [-0.39, 0.29) is 22.0 Å². The summed E-state index contributed by atoms with van der Waals surface area (Å²) in [4.78, 5) is 22.1. The number of amides is 1. The Hall–Kier alpha value is -1.99. The Kier molecular flexibility index (Phi) is 4.54. The molecule has 0 radical (unpaired) electrons. The first-order valence-electron chi connectivity index (χ1n) is 5.58. The predicted octanol–water partition coefficient (Wildman–Crippen LogP) is 4.40. The second kappa shape index (κ2) is 6.19. The highest BCUT2D eigenvalue weighted by atomic mass is 79.9. The summed E-state index contributed by atoms with van der Waals surface area (Å²) < 4.78 is 14.2. The van der Waals surface area contributed by atoms with Gasteiger partial charge in [0.1, 0.15) is 5.82 Å². The fraction of sp³-hybridized carbons (Fsp3) is 0. The number of hydrogen-bond donors (Lipinski definition) is 1. The van der Waals surface area contributed by atoms with Gasteiger partial charge in [-0.3, -0.25) is 14.9 Å². The van der Waals surface area contributed by atoms with Crippen molar-refractivity contribution in [3.8, 4) is 0 Å². The number of non-ortho nitro benzene ring substituents is 1. The summed E-state index contributed by atoms with van der Waals surface area (Å²) in [7, 11) is 0. The molecule has 21 heavy (non-hydrogen) atoms. The Morgan fingerprint density at radius 3 is 2.62 bits per heavy atom. The lowest BCUT2D eigenvalue weighted by atomic mass is 10.2. The van der Waals surface area contributed by atoms with Crippen molar-refractivity contribution >= 4 is 44.8 Å². The van der Waals surface area contributed by atoms with Crippen molar-refractivity contribution in [2.75, 3.05) is 5.32 Å². The quantitative estimate of drug-likeness (QED) is 0.640. The zero-order valence-corrected chi connectivity index (χ0v) is 12.6. The summed E-state index contributed by atoms with van der Waals surface area (Å²) in [5.41, 5.74) is -0.383. The number of anilines is 1. The van der Waals surface area contributed by atoms with E-state index in [0.29, 0.717) is 4.47 Å². The lowest BCUT2D eigenvalue weighted by Crippen LogP contribution is -2.13. The number of carbonyl (C=O) groups is 1. The molecule has 1 amide bonds. The monoisotopic (exact) mass is 372 g/mol. The van der Waals surface area contributed by atoms with E-state index in [9.17, 15) is 19.3 Å². The van der Waals surface area contributed by atoms with Crippen LogP contribution in [-0.4, -0.2) is 10.8 Å². The van der Waals surface area contributed by atoms with E-state index < -0.39 is 16.6 Å². The van der Waals surface area contributed by atoms with Gasteiger partial charge in [-0.05, 0) is 24.3 Å². The molecule has 0 atom stereocenters. The van der Waals surface area contributed by atoms with Crippen molar-refractivity contribution in [3.63, 3.8) is 0 Å². The third-order valence-corrected chi connectivity index (χ3v) is 3.25. The first-order valence-corrected chi connectivity index (χ1v) is 6.75. The van der Waals surface area contributed by atoms with Crippen molar-refractivity contribution in [2.45, 2.75) is 0 Å². The highest BCUT2D eigenvalue weighted by molar-refractivity contribution is 9.10. The molecule has 0 aliphatic carbocycles. The molecular weight excluding hydrogens is 367 g/mol. The van der Waals surface area contributed by atoms with Gasteiger partial charge in [-0.15, -0.1) is 0 Å². The largest absolute Gasteiger partial charge is 0.319 e. The van der Waals surface area contributed by atoms with Gasteiger partial charge in [0.15, 0.2) is 0 Å². The minimum absolute atomic E-state index is 0.0310. The van der Waals surface area contributed by atoms with Crippen molar-refractivity contribution in [1.82, 2.24) is 0 Å². The molecular formula is C13H7BrClFN2O3. The molecule has 5 nitrogen and oxygen atoms in total. The lowest BCUT2D eigenvalue weighted by molar-refractivity contribution is -0.384. The van der Waals surface area contributed by atoms with Crippen LogP contribution in [0.15, 0.2) is 40.9 Å². The number of hydrogen-bond acceptors (Lipinski definition) is 3. The van der Waals surface area contributed by atoms with Gasteiger partial charge in [-0.25, -0.2) is 4.39 Å². The molecule has 0 saturated carbocycles. The Labute approximate surface area is 132 Å². The van der Waals surface area contributed by atoms with E-state index in [4.69, 9.17) is 11.6 Å². The Balaban J connectivity index is 2.30. The van der Waals surface area contributed by atoms with Crippen LogP contribution in [-0.2, 0) is 0 Å². The molecule has 0 bridgehead atoms. The number of nitrogens with one attached hydrogen (secondary N) is 1. The smallest absolute Gasteiger partial charge is 0.271 e. The highest BCUT2D eigenvalue weighted by Crippen LogP contribution is 2.23. The summed E-state index contributed by atoms with van der Waals surface area (Å²) in [5.74, 6) is -1.32. The van der Waals surface area contributed by atoms with Crippen LogP contribution in [0.1, 0.15) is 10.4 Å². The van der Waals surface area contributed by atoms with E-state index in [0.717, 1.165) is 12.1 Å². The summed E-state index contributed by atoms with van der Waals surface area (Å²) in [6, 6.07) is 7.57. The highest BCUT2D eigenvalue weighted by Gasteiger charge is 2.15. The summed E-state index contributed by atoms with van der Waals surface area (Å²) in [6.45, 7) is 0. The fourth-order valence-corrected chi connectivity index (χ4v) is 2.16. The van der Waals surface area contributed by atoms with E-state index >= 15 is 0 Å². The number of nitro groups is 1. The number of carbonyl (C=O) groups excluding carboxylic acids is 1. The van der Waals surface area contributed by atoms with E-state index in [1.165, 1.54) is 18.2 Å². The minimum Gasteiger partial charge on any atom is -0.319 e. The van der Waals surface area contributed by atoms with Gasteiger partial charge in [0, 0.05) is 27.2 Å². The van der Waals surface area contributed by atoms with Crippen LogP contribution in [0.3, 0.4) is 0 Å². The van der Waals surface area contributed by atoms with Crippen LogP contribution >= 0.6 is 27.5 Å². The second-order valence-corrected chi connectivity index (χ2v) is 5.39. The molecule has 0 heterocycles. The van der Waals surface area contributed by atoms with Gasteiger partial charge in [0.05, 0.1) is 10.6 Å². The third-order valence-electron chi connectivity index (χ3n) is 2.53. The first-order chi connectivity index (χ1) is 9.86. The van der Waals surface area contributed by atoms with E-state index in [2.05, 4.69) is 21.2 Å². The average molecular weight is 374 g/mol. The molecule has 0 unspecified atom stereocenters. The normalized spacial score (nSPS) is 10.2. The Morgan fingerprint density at radius 1 is 1.29 bits per heavy atom. The molecule has 2 aromatic carbocycles. The first kappa shape index (κ1) is 15.4. The van der Waals surface area contributed by atoms with Crippen LogP contribution in [0.25, 0.3) is 0 Å². The summed E-state index contributed by atoms with van der Waals surface area (Å²) >= 11 is 8.83. The number of benzene rings is 2. The molecule has 0 fully saturated rings. The standard InChI is InChI=1S/C13H7BrClFN2O3/c14-8-1-2-12(11(16)5-8)17-13(19)7-3-9(15)6-10(4-7)18(20)21/h1-6H,(H,17,19). The molecule has 0 saturated heterocycles. The maximum absolute atomic E-state index is 13.6. The zero-order valence-electron chi connectivity index (χ0n) is 10.3. The van der Waals surface area contributed by atoms with Crippen molar-refractivity contribution in [1.29, 1.82) is 0 Å². The Bertz CT molecular complexity index is 739. The van der Waals surface area contributed by atoms with Crippen LogP contribution in [0.2, 0.25) is 5.02 Å². The fourth-order valence-electron chi connectivity index (χ4n) is 1.60. The van der Waals surface area contributed by atoms with Gasteiger partial charge in [-0.2, -0.15) is 0 Å². The van der Waals surface area contributed by atoms with Gasteiger partial charge in [-0.1, -0.05) is 27.5 Å². The molecule has 2 aromatic rings. The van der Waals surface area contributed by atoms with E-state index in [1.807, 2.05) is 0 Å². The molecule has 8 heteroatoms. The maximum atomic E-state index is 13.6. The predicted molar refractivity (Wildman–Crippen MR) is 80.2 cm³/mol. The van der Waals surface area contributed by atoms with Crippen LogP contribution in [0.5, 0.6) is 0 Å². The molecule has 108 valence electrons. The molecule has 0 spiro atoms. The molecule has 0 aliphatic heterocycles. The molecule has 0 aliphatic rings. The number of nitrogens with zero attached hydrogens (tertiary/aromatic N) is 1. The van der Waals surface area contributed by atoms with Gasteiger partial charge >= 0.3 is 0 Å². The second-order valence-electron chi connectivity index (χ2n) is 4.03. The van der Waals surface area contributed by atoms with Gasteiger partial charge < -0.3 is 5.32 Å². The third kappa shape index (κ3) is 3.77. The van der Waals surface area contributed by atoms with Crippen LogP contribution in [0, 0.1) is 15.9 Å². The maximum Gasteiger partial charge on any atom is 0.271 e. The van der Waals surface area contributed by atoms with Crippen LogP contribution in [0.4, 0.5) is 15.8 Å². The van der Waals surface area contributed by atoms with Crippen LogP contribution < -0.4 is 5.32 Å². The SMILES string of the molecule is O=C(Nc1ccc(Br)cc1F)c1cc(Cl)cc([N+](=O)[O-])c1. The van der Waals surface area contributed by atoms with Crippen molar-refractivity contribution < 1.29 is 14.1 Å². The molecule has 2 rings (SSSR count). The zero-order chi connectivity index (χ0) is 15.6. The lowest BCUT2D eigenvalue weighted by Gasteiger charge is -2.07.